The Morgan fingerprint density at radius 2 is 2.30 bits per heavy atom. The number of nitro benzene ring substituents is 1. The van der Waals surface area contributed by atoms with Crippen molar-refractivity contribution >= 4 is 17.3 Å². The third-order valence-corrected chi connectivity index (χ3v) is 3.17. The van der Waals surface area contributed by atoms with Gasteiger partial charge in [-0.3, -0.25) is 10.1 Å². The quantitative estimate of drug-likeness (QED) is 0.475. The number of methoxy groups -OCH3 is 1. The zero-order chi connectivity index (χ0) is 14.7. The summed E-state index contributed by atoms with van der Waals surface area (Å²) in [6.07, 6.45) is -0.00913. The molecule has 0 N–H and O–H groups in total. The zero-order valence-electron chi connectivity index (χ0n) is 11.4. The SMILES string of the molecule is COC(=O)c1ccc([N+](=O)[O-])c(N2CCOC(C)C2)c1. The average Bonchev–Trinajstić information content (AvgIpc) is 2.45. The summed E-state index contributed by atoms with van der Waals surface area (Å²) in [6, 6.07) is 4.24. The molecule has 7 heteroatoms. The van der Waals surface area contributed by atoms with Crippen LogP contribution in [0, 0.1) is 10.1 Å². The lowest BCUT2D eigenvalue weighted by atomic mass is 10.1. The number of rotatable bonds is 3. The lowest BCUT2D eigenvalue weighted by Gasteiger charge is -2.32. The van der Waals surface area contributed by atoms with Crippen LogP contribution in [0.4, 0.5) is 11.4 Å². The van der Waals surface area contributed by atoms with Crippen LogP contribution in [0.2, 0.25) is 0 Å². The highest BCUT2D eigenvalue weighted by molar-refractivity contribution is 5.91. The Hall–Kier alpha value is -2.15. The number of benzene rings is 1. The lowest BCUT2D eigenvalue weighted by Crippen LogP contribution is -2.41. The summed E-state index contributed by atoms with van der Waals surface area (Å²) >= 11 is 0. The molecule has 1 aliphatic rings. The number of ether oxygens (including phenoxy) is 2. The molecule has 0 saturated carbocycles. The summed E-state index contributed by atoms with van der Waals surface area (Å²) in [6.45, 7) is 3.50. The molecule has 1 fully saturated rings. The van der Waals surface area contributed by atoms with Crippen molar-refractivity contribution in [1.29, 1.82) is 0 Å². The fraction of sp³-hybridized carbons (Fsp3) is 0.462. The second kappa shape index (κ2) is 5.87. The molecule has 1 aromatic carbocycles. The van der Waals surface area contributed by atoms with Crippen molar-refractivity contribution in [2.75, 3.05) is 31.7 Å². The Kier molecular flexibility index (Phi) is 4.19. The number of anilines is 1. The first kappa shape index (κ1) is 14.3. The molecule has 1 aromatic rings. The molecular formula is C13H16N2O5. The Balaban J connectivity index is 2.41. The minimum Gasteiger partial charge on any atom is -0.465 e. The summed E-state index contributed by atoms with van der Waals surface area (Å²) in [5, 5.41) is 11.1. The predicted octanol–water partition coefficient (Wildman–Crippen LogP) is 1.61. The maximum atomic E-state index is 11.6. The third kappa shape index (κ3) is 2.88. The van der Waals surface area contributed by atoms with E-state index in [4.69, 9.17) is 4.74 Å². The molecule has 7 nitrogen and oxygen atoms in total. The fourth-order valence-corrected chi connectivity index (χ4v) is 2.21. The summed E-state index contributed by atoms with van der Waals surface area (Å²) in [4.78, 5) is 24.1. The molecule has 0 aromatic heterocycles. The number of nitro groups is 1. The topological polar surface area (TPSA) is 81.9 Å². The van der Waals surface area contributed by atoms with Crippen LogP contribution >= 0.6 is 0 Å². The molecule has 0 amide bonds. The van der Waals surface area contributed by atoms with Gasteiger partial charge in [-0.15, -0.1) is 0 Å². The fourth-order valence-electron chi connectivity index (χ4n) is 2.21. The van der Waals surface area contributed by atoms with E-state index in [2.05, 4.69) is 4.74 Å². The van der Waals surface area contributed by atoms with E-state index in [0.717, 1.165) is 0 Å². The van der Waals surface area contributed by atoms with Gasteiger partial charge >= 0.3 is 5.97 Å². The minimum atomic E-state index is -0.512. The molecule has 1 saturated heterocycles. The van der Waals surface area contributed by atoms with Gasteiger partial charge in [0, 0.05) is 19.2 Å². The molecule has 0 spiro atoms. The highest BCUT2D eigenvalue weighted by atomic mass is 16.6. The van der Waals surface area contributed by atoms with Gasteiger partial charge in [0.15, 0.2) is 0 Å². The van der Waals surface area contributed by atoms with Crippen molar-refractivity contribution in [3.63, 3.8) is 0 Å². The highest BCUT2D eigenvalue weighted by Crippen LogP contribution is 2.30. The van der Waals surface area contributed by atoms with E-state index in [9.17, 15) is 14.9 Å². The van der Waals surface area contributed by atoms with E-state index in [-0.39, 0.29) is 11.8 Å². The number of hydrogen-bond donors (Lipinski definition) is 0. The number of esters is 1. The molecule has 108 valence electrons. The van der Waals surface area contributed by atoms with Crippen LogP contribution in [-0.4, -0.2) is 43.8 Å². The smallest absolute Gasteiger partial charge is 0.337 e. The van der Waals surface area contributed by atoms with Crippen LogP contribution in [0.15, 0.2) is 18.2 Å². The van der Waals surface area contributed by atoms with Crippen LogP contribution in [-0.2, 0) is 9.47 Å². The van der Waals surface area contributed by atoms with Crippen LogP contribution in [0.25, 0.3) is 0 Å². The molecule has 0 bridgehead atoms. The van der Waals surface area contributed by atoms with E-state index in [1.54, 1.807) is 0 Å². The molecule has 1 aliphatic heterocycles. The lowest BCUT2D eigenvalue weighted by molar-refractivity contribution is -0.384. The Bertz CT molecular complexity index is 531. The van der Waals surface area contributed by atoms with Gasteiger partial charge in [-0.2, -0.15) is 0 Å². The Morgan fingerprint density at radius 3 is 2.90 bits per heavy atom. The van der Waals surface area contributed by atoms with Crippen LogP contribution in [0.5, 0.6) is 0 Å². The van der Waals surface area contributed by atoms with Gasteiger partial charge in [0.2, 0.25) is 0 Å². The molecule has 1 heterocycles. The molecule has 1 atom stereocenters. The summed E-state index contributed by atoms with van der Waals surface area (Å²) in [7, 11) is 1.28. The van der Waals surface area contributed by atoms with Crippen molar-refractivity contribution in [3.05, 3.63) is 33.9 Å². The Morgan fingerprint density at radius 1 is 1.55 bits per heavy atom. The molecule has 20 heavy (non-hydrogen) atoms. The maximum Gasteiger partial charge on any atom is 0.337 e. The number of carbonyl (C=O) groups is 1. The summed E-state index contributed by atoms with van der Waals surface area (Å²) in [5.41, 5.74) is 0.701. The van der Waals surface area contributed by atoms with E-state index >= 15 is 0 Å². The monoisotopic (exact) mass is 280 g/mol. The maximum absolute atomic E-state index is 11.6. The van der Waals surface area contributed by atoms with E-state index < -0.39 is 10.9 Å². The second-order valence-corrected chi connectivity index (χ2v) is 4.58. The van der Waals surface area contributed by atoms with E-state index in [1.807, 2.05) is 11.8 Å². The average molecular weight is 280 g/mol. The molecule has 1 unspecified atom stereocenters. The highest BCUT2D eigenvalue weighted by Gasteiger charge is 2.25. The van der Waals surface area contributed by atoms with Gasteiger partial charge in [-0.05, 0) is 19.1 Å². The number of carbonyl (C=O) groups excluding carboxylic acids is 1. The van der Waals surface area contributed by atoms with Gasteiger partial charge in [-0.25, -0.2) is 4.79 Å². The van der Waals surface area contributed by atoms with Crippen molar-refractivity contribution in [3.8, 4) is 0 Å². The molecular weight excluding hydrogens is 264 g/mol. The van der Waals surface area contributed by atoms with Crippen molar-refractivity contribution < 1.29 is 19.2 Å². The standard InChI is InChI=1S/C13H16N2O5/c1-9-8-14(5-6-20-9)12-7-10(13(16)19-2)3-4-11(12)15(17)18/h3-4,7,9H,5-6,8H2,1-2H3. The normalized spacial score (nSPS) is 18.7. The first-order valence-electron chi connectivity index (χ1n) is 6.26. The van der Waals surface area contributed by atoms with Gasteiger partial charge < -0.3 is 14.4 Å². The van der Waals surface area contributed by atoms with Gasteiger partial charge in [-0.1, -0.05) is 0 Å². The third-order valence-electron chi connectivity index (χ3n) is 3.17. The van der Waals surface area contributed by atoms with Gasteiger partial charge in [0.25, 0.3) is 5.69 Å². The van der Waals surface area contributed by atoms with Crippen molar-refractivity contribution in [2.45, 2.75) is 13.0 Å². The minimum absolute atomic E-state index is 0.00913. The van der Waals surface area contributed by atoms with Crippen molar-refractivity contribution in [1.82, 2.24) is 0 Å². The van der Waals surface area contributed by atoms with Crippen molar-refractivity contribution in [2.24, 2.45) is 0 Å². The largest absolute Gasteiger partial charge is 0.465 e. The first-order chi connectivity index (χ1) is 9.52. The number of hydrogen-bond acceptors (Lipinski definition) is 6. The van der Waals surface area contributed by atoms with E-state index in [1.165, 1.54) is 25.3 Å². The van der Waals surface area contributed by atoms with Gasteiger partial charge in [0.05, 0.1) is 30.3 Å². The summed E-state index contributed by atoms with van der Waals surface area (Å²) in [5.74, 6) is -0.512. The van der Waals surface area contributed by atoms with Crippen LogP contribution < -0.4 is 4.90 Å². The number of nitrogens with zero attached hydrogens (tertiary/aromatic N) is 2. The first-order valence-corrected chi connectivity index (χ1v) is 6.26. The molecule has 0 aliphatic carbocycles. The van der Waals surface area contributed by atoms with E-state index in [0.29, 0.717) is 30.9 Å². The predicted molar refractivity (Wildman–Crippen MR) is 72.1 cm³/mol. The van der Waals surface area contributed by atoms with Crippen LogP contribution in [0.1, 0.15) is 17.3 Å². The number of morpholine rings is 1. The zero-order valence-corrected chi connectivity index (χ0v) is 11.4. The molecule has 2 rings (SSSR count). The summed E-state index contributed by atoms with van der Waals surface area (Å²) < 4.78 is 10.1. The molecule has 0 radical (unpaired) electrons. The Labute approximate surface area is 116 Å². The van der Waals surface area contributed by atoms with Gasteiger partial charge in [0.1, 0.15) is 5.69 Å². The second-order valence-electron chi connectivity index (χ2n) is 4.58. The van der Waals surface area contributed by atoms with Crippen LogP contribution in [0.3, 0.4) is 0 Å².